The van der Waals surface area contributed by atoms with E-state index in [1.54, 1.807) is 18.6 Å². The van der Waals surface area contributed by atoms with Crippen LogP contribution in [0.4, 0.5) is 0 Å². The molecule has 7 rings (SSSR count). The maximum absolute atomic E-state index is 4.90. The molecular weight excluding hydrogens is 446 g/mol. The number of rotatable bonds is 4. The monoisotopic (exact) mass is 465 g/mol. The second-order valence-electron chi connectivity index (χ2n) is 8.38. The maximum atomic E-state index is 4.90. The number of benzene rings is 2. The predicted molar refractivity (Wildman–Crippen MR) is 140 cm³/mol. The zero-order valence-electron chi connectivity index (χ0n) is 19.1. The summed E-state index contributed by atoms with van der Waals surface area (Å²) in [5, 5.41) is 11.4. The van der Waals surface area contributed by atoms with Crippen molar-refractivity contribution in [3.05, 3.63) is 116 Å². The first-order chi connectivity index (χ1) is 17.9. The summed E-state index contributed by atoms with van der Waals surface area (Å²) in [5.74, 6) is 2.19. The average Bonchev–Trinajstić information content (AvgIpc) is 3.54. The van der Waals surface area contributed by atoms with Gasteiger partial charge in [-0.25, -0.2) is 4.98 Å². The summed E-state index contributed by atoms with van der Waals surface area (Å²) in [6.45, 7) is 0. The van der Waals surface area contributed by atoms with Gasteiger partial charge in [0, 0.05) is 34.9 Å². The third-order valence-electron chi connectivity index (χ3n) is 6.30. The highest BCUT2D eigenvalue weighted by molar-refractivity contribution is 6.09. The molecule has 0 saturated heterocycles. The van der Waals surface area contributed by atoms with Gasteiger partial charge in [0.15, 0.2) is 11.6 Å². The fraction of sp³-hybridized carbons (Fsp3) is 0. The molecule has 2 aromatic carbocycles. The van der Waals surface area contributed by atoms with Crippen LogP contribution in [0.5, 0.6) is 0 Å². The minimum Gasteiger partial charge on any atom is -0.294 e. The second-order valence-corrected chi connectivity index (χ2v) is 8.38. The first-order valence-corrected chi connectivity index (χ1v) is 11.6. The zero-order valence-corrected chi connectivity index (χ0v) is 19.1. The van der Waals surface area contributed by atoms with Crippen molar-refractivity contribution in [1.82, 2.24) is 34.3 Å². The summed E-state index contributed by atoms with van der Waals surface area (Å²) in [6, 6.07) is 30.5. The van der Waals surface area contributed by atoms with Crippen molar-refractivity contribution in [2.24, 2.45) is 0 Å². The molecule has 0 aliphatic rings. The van der Waals surface area contributed by atoms with Gasteiger partial charge in [-0.05, 0) is 48.5 Å². The van der Waals surface area contributed by atoms with Gasteiger partial charge < -0.3 is 0 Å². The van der Waals surface area contributed by atoms with E-state index in [2.05, 4.69) is 73.3 Å². The number of hydrogen-bond donors (Lipinski definition) is 0. The Hall–Kier alpha value is -5.17. The zero-order chi connectivity index (χ0) is 23.9. The van der Waals surface area contributed by atoms with Crippen molar-refractivity contribution >= 4 is 21.8 Å². The van der Waals surface area contributed by atoms with E-state index >= 15 is 0 Å². The molecule has 0 aliphatic carbocycles. The van der Waals surface area contributed by atoms with Crippen LogP contribution in [0, 0.1) is 0 Å². The van der Waals surface area contributed by atoms with Gasteiger partial charge in [-0.3, -0.25) is 19.1 Å². The van der Waals surface area contributed by atoms with Crippen molar-refractivity contribution in [3.8, 4) is 34.4 Å². The Labute approximate surface area is 206 Å². The van der Waals surface area contributed by atoms with Crippen LogP contribution in [0.2, 0.25) is 0 Å². The van der Waals surface area contributed by atoms with E-state index in [0.29, 0.717) is 11.6 Å². The van der Waals surface area contributed by atoms with E-state index in [1.165, 1.54) is 10.8 Å². The Bertz CT molecular complexity index is 1710. The number of fused-ring (bicyclic) bond motifs is 3. The first kappa shape index (κ1) is 20.2. The molecule has 0 radical (unpaired) electrons. The molecule has 0 amide bonds. The predicted octanol–water partition coefficient (Wildman–Crippen LogP) is 5.88. The van der Waals surface area contributed by atoms with Crippen LogP contribution < -0.4 is 0 Å². The lowest BCUT2D eigenvalue weighted by Gasteiger charge is -2.12. The summed E-state index contributed by atoms with van der Waals surface area (Å²) in [7, 11) is 0. The van der Waals surface area contributed by atoms with Crippen molar-refractivity contribution in [3.63, 3.8) is 0 Å². The van der Waals surface area contributed by atoms with Gasteiger partial charge in [0.1, 0.15) is 11.5 Å². The highest BCUT2D eigenvalue weighted by atomic mass is 15.3. The van der Waals surface area contributed by atoms with E-state index in [9.17, 15) is 0 Å². The summed E-state index contributed by atoms with van der Waals surface area (Å²) < 4.78 is 4.18. The average molecular weight is 466 g/mol. The van der Waals surface area contributed by atoms with E-state index in [0.717, 1.165) is 33.8 Å². The number of para-hydroxylation sites is 2. The molecule has 7 heteroatoms. The third kappa shape index (κ3) is 3.18. The number of aromatic nitrogens is 7. The van der Waals surface area contributed by atoms with Crippen molar-refractivity contribution in [2.45, 2.75) is 0 Å². The van der Waals surface area contributed by atoms with Crippen molar-refractivity contribution in [2.75, 3.05) is 0 Å². The smallest absolute Gasteiger partial charge is 0.187 e. The molecule has 0 saturated carbocycles. The van der Waals surface area contributed by atoms with E-state index in [-0.39, 0.29) is 0 Å². The summed E-state index contributed by atoms with van der Waals surface area (Å²) in [5.41, 5.74) is 4.73. The number of pyridine rings is 3. The molecule has 0 unspecified atom stereocenters. The Kier molecular flexibility index (Phi) is 4.63. The second kappa shape index (κ2) is 8.25. The summed E-state index contributed by atoms with van der Waals surface area (Å²) in [4.78, 5) is 13.6. The third-order valence-corrected chi connectivity index (χ3v) is 6.30. The Morgan fingerprint density at radius 3 is 1.89 bits per heavy atom. The van der Waals surface area contributed by atoms with Crippen LogP contribution in [0.25, 0.3) is 56.2 Å². The summed E-state index contributed by atoms with van der Waals surface area (Å²) >= 11 is 0. The Balaban J connectivity index is 1.41. The van der Waals surface area contributed by atoms with E-state index in [1.807, 2.05) is 53.2 Å². The van der Waals surface area contributed by atoms with Gasteiger partial charge >= 0.3 is 0 Å². The van der Waals surface area contributed by atoms with Crippen LogP contribution in [0.1, 0.15) is 0 Å². The minimum atomic E-state index is 0.647. The molecule has 0 fully saturated rings. The van der Waals surface area contributed by atoms with E-state index in [4.69, 9.17) is 4.98 Å². The molecule has 7 nitrogen and oxygen atoms in total. The molecule has 0 atom stereocenters. The largest absolute Gasteiger partial charge is 0.294 e. The molecule has 0 aliphatic heterocycles. The van der Waals surface area contributed by atoms with Crippen LogP contribution in [0.15, 0.2) is 116 Å². The van der Waals surface area contributed by atoms with Crippen LogP contribution in [-0.4, -0.2) is 34.3 Å². The number of hydrogen-bond acceptors (Lipinski definition) is 5. The maximum Gasteiger partial charge on any atom is 0.187 e. The van der Waals surface area contributed by atoms with Crippen LogP contribution in [0.3, 0.4) is 0 Å². The topological polar surface area (TPSA) is 74.3 Å². The normalized spacial score (nSPS) is 11.3. The molecule has 7 aromatic rings. The number of nitrogens with zero attached hydrogens (tertiary/aromatic N) is 7. The molecule has 0 spiro atoms. The lowest BCUT2D eigenvalue weighted by Crippen LogP contribution is -2.04. The van der Waals surface area contributed by atoms with Crippen molar-refractivity contribution < 1.29 is 0 Å². The SMILES string of the molecule is c1ccc(-c2nnc(-c3ccncc3)n2-c2ccc(-n3c4ccccc4c4ccccc43)nc2)nc1. The standard InChI is InChI=1S/C29H19N7/c1-3-10-25-22(7-1)23-8-2-4-11-26(23)36(25)27-13-12-21(19-32-27)35-28(20-14-17-30-18-15-20)33-34-29(35)24-9-5-6-16-31-24/h1-19H. The Morgan fingerprint density at radius 2 is 1.22 bits per heavy atom. The molecule has 36 heavy (non-hydrogen) atoms. The van der Waals surface area contributed by atoms with Gasteiger partial charge in [0.05, 0.1) is 22.9 Å². The quantitative estimate of drug-likeness (QED) is 0.324. The fourth-order valence-corrected chi connectivity index (χ4v) is 4.69. The minimum absolute atomic E-state index is 0.647. The van der Waals surface area contributed by atoms with Gasteiger partial charge in [-0.1, -0.05) is 42.5 Å². The van der Waals surface area contributed by atoms with Crippen molar-refractivity contribution in [1.29, 1.82) is 0 Å². The fourth-order valence-electron chi connectivity index (χ4n) is 4.69. The van der Waals surface area contributed by atoms with Crippen LogP contribution in [-0.2, 0) is 0 Å². The van der Waals surface area contributed by atoms with E-state index < -0.39 is 0 Å². The van der Waals surface area contributed by atoms with Crippen LogP contribution >= 0.6 is 0 Å². The molecule has 5 heterocycles. The summed E-state index contributed by atoms with van der Waals surface area (Å²) in [6.07, 6.45) is 7.11. The molecule has 170 valence electrons. The van der Waals surface area contributed by atoms with Gasteiger partial charge in [-0.2, -0.15) is 0 Å². The molecule has 0 bridgehead atoms. The van der Waals surface area contributed by atoms with Gasteiger partial charge in [-0.15, -0.1) is 10.2 Å². The Morgan fingerprint density at radius 1 is 0.528 bits per heavy atom. The lowest BCUT2D eigenvalue weighted by atomic mass is 10.2. The highest BCUT2D eigenvalue weighted by Gasteiger charge is 2.19. The molecule has 5 aromatic heterocycles. The lowest BCUT2D eigenvalue weighted by molar-refractivity contribution is 1.01. The highest BCUT2D eigenvalue weighted by Crippen LogP contribution is 2.32. The van der Waals surface area contributed by atoms with Gasteiger partial charge in [0.2, 0.25) is 0 Å². The molecule has 0 N–H and O–H groups in total. The molecular formula is C29H19N7. The first-order valence-electron chi connectivity index (χ1n) is 11.6. The van der Waals surface area contributed by atoms with Gasteiger partial charge in [0.25, 0.3) is 0 Å².